The van der Waals surface area contributed by atoms with E-state index in [4.69, 9.17) is 0 Å². The topological polar surface area (TPSA) is 86.9 Å². The molecule has 0 saturated carbocycles. The number of aromatic amines is 1. The minimum atomic E-state index is -0.680. The Morgan fingerprint density at radius 2 is 1.67 bits per heavy atom. The van der Waals surface area contributed by atoms with Crippen LogP contribution in [0.3, 0.4) is 0 Å². The summed E-state index contributed by atoms with van der Waals surface area (Å²) in [6.45, 7) is 0. The number of amides is 2. The number of benzene rings is 3. The molecule has 0 spiro atoms. The van der Waals surface area contributed by atoms with Crippen LogP contribution < -0.4 is 10.6 Å². The molecule has 1 aromatic heterocycles. The minimum Gasteiger partial charge on any atom is -0.340 e. The molecule has 30 heavy (non-hydrogen) atoms. The molecule has 0 bridgehead atoms. The van der Waals surface area contributed by atoms with E-state index in [0.717, 1.165) is 16.5 Å². The van der Waals surface area contributed by atoms with Gasteiger partial charge in [0.05, 0.1) is 17.4 Å². The molecule has 0 radical (unpaired) electrons. The van der Waals surface area contributed by atoms with Crippen LogP contribution in [0.1, 0.15) is 26.6 Å². The summed E-state index contributed by atoms with van der Waals surface area (Å²) < 4.78 is 0. The molecular formula is C24H28N4O2. The summed E-state index contributed by atoms with van der Waals surface area (Å²) >= 11 is 0. The average Bonchev–Trinajstić information content (AvgIpc) is 3.28. The number of hydrogen-bond donors (Lipinski definition) is 3. The van der Waals surface area contributed by atoms with E-state index in [9.17, 15) is 9.59 Å². The standard InChI is InChI=1S/C24H22N4O2.3H2/c29-23(18-10-5-2-6-11-18)27-22(15-14-17-8-3-1-4-9-17)24(30)26-20-12-7-13-21-19(20)16-25-28-21;;;/h1-13,16,22H,14-15H2,(H,25,28)(H,26,30)(H,27,29);3*1H. The lowest BCUT2D eigenvalue weighted by molar-refractivity contribution is -0.118. The van der Waals surface area contributed by atoms with Crippen LogP contribution in [-0.4, -0.2) is 28.1 Å². The Morgan fingerprint density at radius 1 is 0.933 bits per heavy atom. The van der Waals surface area contributed by atoms with Crippen LogP contribution in [0.25, 0.3) is 10.9 Å². The second kappa shape index (κ2) is 9.05. The van der Waals surface area contributed by atoms with Crippen molar-refractivity contribution in [3.63, 3.8) is 0 Å². The predicted octanol–water partition coefficient (Wildman–Crippen LogP) is 4.67. The van der Waals surface area contributed by atoms with Gasteiger partial charge in [-0.2, -0.15) is 5.10 Å². The molecular weight excluding hydrogens is 376 g/mol. The van der Waals surface area contributed by atoms with Crippen LogP contribution in [0.5, 0.6) is 0 Å². The number of carbonyl (C=O) groups excluding carboxylic acids is 2. The van der Waals surface area contributed by atoms with Crippen molar-refractivity contribution >= 4 is 28.4 Å². The lowest BCUT2D eigenvalue weighted by Gasteiger charge is -2.19. The van der Waals surface area contributed by atoms with Gasteiger partial charge in [0.2, 0.25) is 5.91 Å². The quantitative estimate of drug-likeness (QED) is 0.418. The first-order chi connectivity index (χ1) is 14.7. The zero-order valence-electron chi connectivity index (χ0n) is 16.3. The summed E-state index contributed by atoms with van der Waals surface area (Å²) in [5, 5.41) is 13.6. The molecule has 3 aromatic carbocycles. The fourth-order valence-electron chi connectivity index (χ4n) is 3.35. The number of hydrogen-bond acceptors (Lipinski definition) is 3. The minimum absolute atomic E-state index is 0. The van der Waals surface area contributed by atoms with Crippen LogP contribution in [0.15, 0.2) is 85.1 Å². The summed E-state index contributed by atoms with van der Waals surface area (Å²) in [7, 11) is 0. The molecule has 0 aliphatic rings. The van der Waals surface area contributed by atoms with Crippen molar-refractivity contribution in [2.75, 3.05) is 5.32 Å². The van der Waals surface area contributed by atoms with Gasteiger partial charge in [-0.25, -0.2) is 0 Å². The first-order valence-electron chi connectivity index (χ1n) is 9.83. The highest BCUT2D eigenvalue weighted by atomic mass is 16.2. The van der Waals surface area contributed by atoms with Gasteiger partial charge in [0.1, 0.15) is 6.04 Å². The van der Waals surface area contributed by atoms with Crippen LogP contribution >= 0.6 is 0 Å². The monoisotopic (exact) mass is 404 g/mol. The molecule has 1 heterocycles. The highest BCUT2D eigenvalue weighted by Crippen LogP contribution is 2.21. The largest absolute Gasteiger partial charge is 0.340 e. The molecule has 3 N–H and O–H groups in total. The van der Waals surface area contributed by atoms with Crippen molar-refractivity contribution in [1.29, 1.82) is 0 Å². The summed E-state index contributed by atoms with van der Waals surface area (Å²) in [5.41, 5.74) is 3.13. The molecule has 6 nitrogen and oxygen atoms in total. The molecule has 1 unspecified atom stereocenters. The lowest BCUT2D eigenvalue weighted by atomic mass is 10.0. The lowest BCUT2D eigenvalue weighted by Crippen LogP contribution is -2.44. The number of H-pyrrole nitrogens is 1. The number of fused-ring (bicyclic) bond motifs is 1. The van der Waals surface area contributed by atoms with Gasteiger partial charge in [-0.1, -0.05) is 54.6 Å². The number of nitrogens with zero attached hydrogens (tertiary/aromatic N) is 1. The number of aryl methyl sites for hydroxylation is 1. The van der Waals surface area contributed by atoms with Crippen LogP contribution in [-0.2, 0) is 11.2 Å². The maximum atomic E-state index is 13.1. The van der Waals surface area contributed by atoms with Gasteiger partial charge in [-0.3, -0.25) is 14.7 Å². The van der Waals surface area contributed by atoms with Gasteiger partial charge in [0.15, 0.2) is 0 Å². The second-order valence-corrected chi connectivity index (χ2v) is 7.04. The summed E-state index contributed by atoms with van der Waals surface area (Å²) in [4.78, 5) is 25.8. The van der Waals surface area contributed by atoms with E-state index in [0.29, 0.717) is 24.1 Å². The van der Waals surface area contributed by atoms with E-state index in [2.05, 4.69) is 20.8 Å². The Kier molecular flexibility index (Phi) is 5.85. The third-order valence-electron chi connectivity index (χ3n) is 4.96. The Balaban J connectivity index is 0.00000181. The van der Waals surface area contributed by atoms with Gasteiger partial charge in [0, 0.05) is 15.2 Å². The van der Waals surface area contributed by atoms with E-state index in [1.807, 2.05) is 54.6 Å². The molecule has 4 aromatic rings. The fraction of sp³-hybridized carbons (Fsp3) is 0.125. The van der Waals surface area contributed by atoms with Crippen LogP contribution in [0.4, 0.5) is 5.69 Å². The molecule has 4 rings (SSSR count). The average molecular weight is 405 g/mol. The van der Waals surface area contributed by atoms with E-state index in [-0.39, 0.29) is 16.1 Å². The van der Waals surface area contributed by atoms with E-state index in [1.54, 1.807) is 30.5 Å². The van der Waals surface area contributed by atoms with Crippen molar-refractivity contribution < 1.29 is 13.9 Å². The first-order valence-corrected chi connectivity index (χ1v) is 9.83. The number of nitrogens with one attached hydrogen (secondary N) is 3. The smallest absolute Gasteiger partial charge is 0.251 e. The number of aromatic nitrogens is 2. The van der Waals surface area contributed by atoms with Gasteiger partial charge in [-0.15, -0.1) is 0 Å². The zero-order valence-corrected chi connectivity index (χ0v) is 16.3. The third-order valence-corrected chi connectivity index (χ3v) is 4.96. The molecule has 0 aliphatic carbocycles. The van der Waals surface area contributed by atoms with Crippen LogP contribution in [0, 0.1) is 0 Å². The molecule has 0 saturated heterocycles. The van der Waals surface area contributed by atoms with Crippen molar-refractivity contribution in [3.8, 4) is 0 Å². The maximum Gasteiger partial charge on any atom is 0.251 e. The Labute approximate surface area is 178 Å². The third kappa shape index (κ3) is 4.55. The molecule has 6 heteroatoms. The van der Waals surface area contributed by atoms with Gasteiger partial charge >= 0.3 is 0 Å². The summed E-state index contributed by atoms with van der Waals surface area (Å²) in [6, 6.07) is 23.7. The highest BCUT2D eigenvalue weighted by molar-refractivity contribution is 6.05. The number of anilines is 1. The number of carbonyl (C=O) groups is 2. The van der Waals surface area contributed by atoms with Gasteiger partial charge in [0.25, 0.3) is 5.91 Å². The Bertz CT molecular complexity index is 1150. The molecule has 1 atom stereocenters. The number of rotatable bonds is 7. The zero-order chi connectivity index (χ0) is 20.8. The van der Waals surface area contributed by atoms with E-state index in [1.165, 1.54) is 0 Å². The highest BCUT2D eigenvalue weighted by Gasteiger charge is 2.22. The first kappa shape index (κ1) is 19.4. The van der Waals surface area contributed by atoms with Gasteiger partial charge in [-0.05, 0) is 42.7 Å². The second-order valence-electron chi connectivity index (χ2n) is 7.04. The summed E-state index contributed by atoms with van der Waals surface area (Å²) in [6.07, 6.45) is 2.83. The normalized spacial score (nSPS) is 11.7. The van der Waals surface area contributed by atoms with Gasteiger partial charge < -0.3 is 10.6 Å². The molecule has 0 fully saturated rings. The van der Waals surface area contributed by atoms with E-state index >= 15 is 0 Å². The Hall–Kier alpha value is -3.93. The predicted molar refractivity (Wildman–Crippen MR) is 124 cm³/mol. The molecule has 156 valence electrons. The van der Waals surface area contributed by atoms with Crippen molar-refractivity contribution in [3.05, 3.63) is 96.2 Å². The fourth-order valence-corrected chi connectivity index (χ4v) is 3.35. The van der Waals surface area contributed by atoms with Crippen molar-refractivity contribution in [1.82, 2.24) is 15.5 Å². The van der Waals surface area contributed by atoms with Crippen molar-refractivity contribution in [2.45, 2.75) is 18.9 Å². The molecule has 0 aliphatic heterocycles. The molecule has 2 amide bonds. The van der Waals surface area contributed by atoms with Crippen LogP contribution in [0.2, 0.25) is 0 Å². The van der Waals surface area contributed by atoms with E-state index < -0.39 is 6.04 Å². The van der Waals surface area contributed by atoms with Crippen molar-refractivity contribution in [2.24, 2.45) is 0 Å². The Morgan fingerprint density at radius 3 is 2.43 bits per heavy atom. The summed E-state index contributed by atoms with van der Waals surface area (Å²) in [5.74, 6) is -0.533. The SMILES string of the molecule is O=C(NC(CCc1ccccc1)C(=O)Nc1cccc2[nH]ncc12)c1ccccc1.[HH].[HH].[HH]. The maximum absolute atomic E-state index is 13.1.